The number of rotatable bonds is 7. The second kappa shape index (κ2) is 6.85. The molecular formula is C12H17NO3. The molecule has 0 bridgehead atoms. The molecule has 4 heteroatoms. The lowest BCUT2D eigenvalue weighted by atomic mass is 10.3. The average Bonchev–Trinajstić information content (AvgIpc) is 2.28. The van der Waals surface area contributed by atoms with Crippen molar-refractivity contribution in [3.05, 3.63) is 24.3 Å². The molecule has 0 amide bonds. The molecule has 1 N–H and O–H groups in total. The quantitative estimate of drug-likeness (QED) is 0.715. The van der Waals surface area contributed by atoms with E-state index in [1.54, 1.807) is 0 Å². The Morgan fingerprint density at radius 2 is 2.19 bits per heavy atom. The highest BCUT2D eigenvalue weighted by molar-refractivity contribution is 5.76. The average molecular weight is 223 g/mol. The van der Waals surface area contributed by atoms with E-state index in [0.29, 0.717) is 13.2 Å². The normalized spacial score (nSPS) is 9.88. The van der Waals surface area contributed by atoms with E-state index in [1.165, 1.54) is 6.92 Å². The molecule has 0 unspecified atom stereocenters. The molecule has 0 aliphatic carbocycles. The van der Waals surface area contributed by atoms with Crippen LogP contribution in [0, 0.1) is 0 Å². The molecule has 1 rings (SSSR count). The number of Topliss-reactive ketones (excluding diaryl/α,β-unsaturated/α-hetero) is 1. The van der Waals surface area contributed by atoms with Gasteiger partial charge in [0.1, 0.15) is 19.0 Å². The Bertz CT molecular complexity index is 339. The van der Waals surface area contributed by atoms with Crippen LogP contribution in [0.2, 0.25) is 0 Å². The van der Waals surface area contributed by atoms with Gasteiger partial charge in [0.2, 0.25) is 0 Å². The molecule has 1 aromatic carbocycles. The topological polar surface area (TPSA) is 47.6 Å². The summed E-state index contributed by atoms with van der Waals surface area (Å²) in [6, 6.07) is 7.66. The monoisotopic (exact) mass is 223 g/mol. The summed E-state index contributed by atoms with van der Waals surface area (Å²) in [4.78, 5) is 10.6. The Labute approximate surface area is 95.6 Å². The van der Waals surface area contributed by atoms with Gasteiger partial charge < -0.3 is 14.8 Å². The van der Waals surface area contributed by atoms with E-state index >= 15 is 0 Å². The maximum atomic E-state index is 10.6. The molecule has 0 aliphatic rings. The highest BCUT2D eigenvalue weighted by Crippen LogP contribution is 2.16. The van der Waals surface area contributed by atoms with E-state index in [9.17, 15) is 4.79 Å². The smallest absolute Gasteiger partial charge is 0.155 e. The van der Waals surface area contributed by atoms with Crippen molar-refractivity contribution in [1.82, 2.24) is 0 Å². The fourth-order valence-corrected chi connectivity index (χ4v) is 1.18. The summed E-state index contributed by atoms with van der Waals surface area (Å²) in [5.74, 6) is 0.815. The molecule has 4 nitrogen and oxygen atoms in total. The van der Waals surface area contributed by atoms with E-state index in [1.807, 2.05) is 31.3 Å². The maximum absolute atomic E-state index is 10.6. The second-order valence-electron chi connectivity index (χ2n) is 3.38. The largest absolute Gasteiger partial charge is 0.491 e. The van der Waals surface area contributed by atoms with Crippen LogP contribution in [-0.2, 0) is 9.53 Å². The zero-order valence-corrected chi connectivity index (χ0v) is 9.66. The van der Waals surface area contributed by atoms with Crippen LogP contribution in [0.4, 0.5) is 5.69 Å². The zero-order chi connectivity index (χ0) is 11.8. The first-order valence-electron chi connectivity index (χ1n) is 5.20. The van der Waals surface area contributed by atoms with Crippen LogP contribution in [0.25, 0.3) is 0 Å². The number of benzene rings is 1. The van der Waals surface area contributed by atoms with Crippen molar-refractivity contribution >= 4 is 11.5 Å². The summed E-state index contributed by atoms with van der Waals surface area (Å²) < 4.78 is 10.5. The van der Waals surface area contributed by atoms with Crippen LogP contribution in [0.1, 0.15) is 6.92 Å². The van der Waals surface area contributed by atoms with Crippen LogP contribution in [-0.4, -0.2) is 32.7 Å². The van der Waals surface area contributed by atoms with E-state index < -0.39 is 0 Å². The fraction of sp³-hybridized carbons (Fsp3) is 0.417. The van der Waals surface area contributed by atoms with Gasteiger partial charge in [0.15, 0.2) is 5.78 Å². The third kappa shape index (κ3) is 4.79. The molecule has 0 fully saturated rings. The van der Waals surface area contributed by atoms with Crippen molar-refractivity contribution in [2.45, 2.75) is 6.92 Å². The summed E-state index contributed by atoms with van der Waals surface area (Å²) in [5, 5.41) is 3.03. The predicted octanol–water partition coefficient (Wildman–Crippen LogP) is 1.71. The van der Waals surface area contributed by atoms with Crippen LogP contribution in [0.3, 0.4) is 0 Å². The van der Waals surface area contributed by atoms with Gasteiger partial charge in [-0.2, -0.15) is 0 Å². The molecular weight excluding hydrogens is 206 g/mol. The predicted molar refractivity (Wildman–Crippen MR) is 63.0 cm³/mol. The maximum Gasteiger partial charge on any atom is 0.155 e. The Morgan fingerprint density at radius 3 is 2.88 bits per heavy atom. The van der Waals surface area contributed by atoms with Gasteiger partial charge in [0, 0.05) is 18.8 Å². The van der Waals surface area contributed by atoms with Gasteiger partial charge in [0.25, 0.3) is 0 Å². The zero-order valence-electron chi connectivity index (χ0n) is 9.66. The highest BCUT2D eigenvalue weighted by atomic mass is 16.5. The van der Waals surface area contributed by atoms with Crippen LogP contribution >= 0.6 is 0 Å². The van der Waals surface area contributed by atoms with Gasteiger partial charge in [-0.1, -0.05) is 6.07 Å². The Kier molecular flexibility index (Phi) is 5.36. The van der Waals surface area contributed by atoms with Crippen molar-refractivity contribution in [2.75, 3.05) is 32.2 Å². The standard InChI is InChI=1S/C12H17NO3/c1-10(14)9-15-6-7-16-12-5-3-4-11(8-12)13-2/h3-5,8,13H,6-7,9H2,1-2H3. The molecule has 0 spiro atoms. The molecule has 16 heavy (non-hydrogen) atoms. The molecule has 1 aromatic rings. The van der Waals surface area contributed by atoms with Crippen molar-refractivity contribution in [3.63, 3.8) is 0 Å². The number of ketones is 1. The number of carbonyl (C=O) groups is 1. The molecule has 0 aliphatic heterocycles. The van der Waals surface area contributed by atoms with Crippen molar-refractivity contribution < 1.29 is 14.3 Å². The number of anilines is 1. The van der Waals surface area contributed by atoms with E-state index in [-0.39, 0.29) is 12.4 Å². The number of ether oxygens (including phenoxy) is 2. The van der Waals surface area contributed by atoms with Crippen molar-refractivity contribution in [3.8, 4) is 5.75 Å². The lowest BCUT2D eigenvalue weighted by molar-refractivity contribution is -0.121. The van der Waals surface area contributed by atoms with E-state index in [2.05, 4.69) is 5.32 Å². The third-order valence-electron chi connectivity index (χ3n) is 1.92. The minimum atomic E-state index is 0.0252. The molecule has 88 valence electrons. The first-order valence-corrected chi connectivity index (χ1v) is 5.20. The van der Waals surface area contributed by atoms with Gasteiger partial charge in [-0.05, 0) is 19.1 Å². The summed E-state index contributed by atoms with van der Waals surface area (Å²) in [7, 11) is 1.86. The fourth-order valence-electron chi connectivity index (χ4n) is 1.18. The summed E-state index contributed by atoms with van der Waals surface area (Å²) in [5.41, 5.74) is 1.00. The minimum Gasteiger partial charge on any atom is -0.491 e. The van der Waals surface area contributed by atoms with Gasteiger partial charge in [-0.15, -0.1) is 0 Å². The van der Waals surface area contributed by atoms with Gasteiger partial charge in [0.05, 0.1) is 6.61 Å². The lowest BCUT2D eigenvalue weighted by Gasteiger charge is -2.07. The minimum absolute atomic E-state index is 0.0252. The summed E-state index contributed by atoms with van der Waals surface area (Å²) in [6.07, 6.45) is 0. The van der Waals surface area contributed by atoms with Gasteiger partial charge in [-0.3, -0.25) is 4.79 Å². The second-order valence-corrected chi connectivity index (χ2v) is 3.38. The lowest BCUT2D eigenvalue weighted by Crippen LogP contribution is -2.11. The molecule has 0 radical (unpaired) electrons. The molecule has 0 saturated heterocycles. The Balaban J connectivity index is 2.23. The molecule has 0 atom stereocenters. The highest BCUT2D eigenvalue weighted by Gasteiger charge is 1.96. The molecule has 0 heterocycles. The van der Waals surface area contributed by atoms with Crippen LogP contribution in [0.5, 0.6) is 5.75 Å². The molecule has 0 aromatic heterocycles. The number of nitrogens with one attached hydrogen (secondary N) is 1. The van der Waals surface area contributed by atoms with Gasteiger partial charge in [-0.25, -0.2) is 0 Å². The first-order chi connectivity index (χ1) is 7.72. The number of carbonyl (C=O) groups excluding carboxylic acids is 1. The van der Waals surface area contributed by atoms with Gasteiger partial charge >= 0.3 is 0 Å². The number of hydrogen-bond donors (Lipinski definition) is 1. The summed E-state index contributed by atoms with van der Waals surface area (Å²) in [6.45, 7) is 2.51. The summed E-state index contributed by atoms with van der Waals surface area (Å²) >= 11 is 0. The van der Waals surface area contributed by atoms with Crippen LogP contribution < -0.4 is 10.1 Å². The Hall–Kier alpha value is -1.55. The van der Waals surface area contributed by atoms with E-state index in [0.717, 1.165) is 11.4 Å². The van der Waals surface area contributed by atoms with Crippen molar-refractivity contribution in [1.29, 1.82) is 0 Å². The SMILES string of the molecule is CNc1cccc(OCCOCC(C)=O)c1. The first kappa shape index (κ1) is 12.5. The molecule has 0 saturated carbocycles. The third-order valence-corrected chi connectivity index (χ3v) is 1.92. The van der Waals surface area contributed by atoms with Crippen molar-refractivity contribution in [2.24, 2.45) is 0 Å². The van der Waals surface area contributed by atoms with Crippen LogP contribution in [0.15, 0.2) is 24.3 Å². The van der Waals surface area contributed by atoms with E-state index in [4.69, 9.17) is 9.47 Å². The Morgan fingerprint density at radius 1 is 1.38 bits per heavy atom. The number of hydrogen-bond acceptors (Lipinski definition) is 4.